The fraction of sp³-hybridized carbons (Fsp3) is 0.140. The number of hydrogen-bond donors (Lipinski definition) is 0. The monoisotopic (exact) mass is 810 g/mol. The molecule has 0 radical (unpaired) electrons. The van der Waals surface area contributed by atoms with Crippen LogP contribution in [-0.2, 0) is 17.9 Å². The van der Waals surface area contributed by atoms with Crippen LogP contribution in [0.3, 0.4) is 0 Å². The number of aromatic nitrogens is 3. The maximum atomic E-state index is 6.67. The molecule has 0 fully saturated rings. The van der Waals surface area contributed by atoms with Crippen molar-refractivity contribution >= 4 is 83.9 Å². The molecule has 0 bridgehead atoms. The number of nitrogens with zero attached hydrogens (tertiary/aromatic N) is 4. The van der Waals surface area contributed by atoms with Gasteiger partial charge >= 0.3 is 6.85 Å². The molecule has 3 aromatic heterocycles. The number of aryl methyl sites for hydroxylation is 1. The highest BCUT2D eigenvalue weighted by molar-refractivity contribution is 6.94. The highest BCUT2D eigenvalue weighted by Crippen LogP contribution is 2.53. The summed E-state index contributed by atoms with van der Waals surface area (Å²) in [4.78, 5) is 8.01. The number of benzene rings is 8. The molecule has 5 nitrogen and oxygen atoms in total. The van der Waals surface area contributed by atoms with E-state index in [9.17, 15) is 0 Å². The zero-order valence-electron chi connectivity index (χ0n) is 36.2. The van der Waals surface area contributed by atoms with Crippen LogP contribution in [0.2, 0.25) is 0 Å². The van der Waals surface area contributed by atoms with E-state index in [0.717, 1.165) is 55.7 Å². The van der Waals surface area contributed by atoms with Crippen LogP contribution in [-0.4, -0.2) is 21.0 Å². The zero-order chi connectivity index (χ0) is 42.3. The third-order valence-corrected chi connectivity index (χ3v) is 14.9. The van der Waals surface area contributed by atoms with Crippen LogP contribution in [0.4, 0.5) is 11.4 Å². The number of para-hydroxylation sites is 1. The summed E-state index contributed by atoms with van der Waals surface area (Å²) >= 11 is 0. The van der Waals surface area contributed by atoms with Gasteiger partial charge in [0.2, 0.25) is 0 Å². The molecule has 0 amide bonds. The van der Waals surface area contributed by atoms with Crippen molar-refractivity contribution in [3.63, 3.8) is 0 Å². The van der Waals surface area contributed by atoms with Crippen molar-refractivity contribution < 1.29 is 4.42 Å². The van der Waals surface area contributed by atoms with Gasteiger partial charge in [-0.1, -0.05) is 132 Å². The predicted molar refractivity (Wildman–Crippen MR) is 263 cm³/mol. The summed E-state index contributed by atoms with van der Waals surface area (Å²) in [5.41, 5.74) is 22.7. The molecule has 0 spiro atoms. The topological polar surface area (TPSA) is 39.1 Å². The average Bonchev–Trinajstić information content (AvgIpc) is 4.00. The Kier molecular flexibility index (Phi) is 6.60. The lowest BCUT2D eigenvalue weighted by Crippen LogP contribution is -2.60. The third kappa shape index (κ3) is 4.50. The van der Waals surface area contributed by atoms with Crippen molar-refractivity contribution in [3.8, 4) is 39.3 Å². The molecule has 2 aliphatic heterocycles. The summed E-state index contributed by atoms with van der Waals surface area (Å²) in [6.45, 7) is 11.5. The van der Waals surface area contributed by atoms with E-state index in [1.165, 1.54) is 77.4 Å². The van der Waals surface area contributed by atoms with Crippen molar-refractivity contribution in [2.45, 2.75) is 45.4 Å². The van der Waals surface area contributed by atoms with Crippen LogP contribution < -0.4 is 15.7 Å². The van der Waals surface area contributed by atoms with Crippen molar-refractivity contribution in [1.29, 1.82) is 0 Å². The first-order valence-electron chi connectivity index (χ1n) is 22.2. The fourth-order valence-electron chi connectivity index (χ4n) is 11.7. The summed E-state index contributed by atoms with van der Waals surface area (Å²) < 4.78 is 11.5. The van der Waals surface area contributed by atoms with Crippen LogP contribution >= 0.6 is 0 Å². The zero-order valence-corrected chi connectivity index (χ0v) is 36.2. The molecule has 63 heavy (non-hydrogen) atoms. The molecule has 0 atom stereocenters. The smallest absolute Gasteiger partial charge is 0.333 e. The molecule has 0 unspecified atom stereocenters. The van der Waals surface area contributed by atoms with E-state index < -0.39 is 0 Å². The molecule has 11 aromatic rings. The summed E-state index contributed by atoms with van der Waals surface area (Å²) in [5, 5.41) is 4.84. The van der Waals surface area contributed by atoms with Crippen molar-refractivity contribution in [2.24, 2.45) is 7.05 Å². The van der Waals surface area contributed by atoms with Gasteiger partial charge in [-0.05, 0) is 98.3 Å². The first-order valence-corrected chi connectivity index (χ1v) is 22.2. The van der Waals surface area contributed by atoms with Gasteiger partial charge in [0.1, 0.15) is 17.0 Å². The van der Waals surface area contributed by atoms with Gasteiger partial charge in [0.05, 0.1) is 22.1 Å². The summed E-state index contributed by atoms with van der Waals surface area (Å²) in [7, 11) is 2.16. The van der Waals surface area contributed by atoms with Crippen LogP contribution in [0.15, 0.2) is 156 Å². The van der Waals surface area contributed by atoms with Crippen molar-refractivity contribution in [3.05, 3.63) is 168 Å². The van der Waals surface area contributed by atoms with Gasteiger partial charge in [-0.25, -0.2) is 4.98 Å². The maximum Gasteiger partial charge on any atom is 0.333 e. The molecule has 8 aromatic carbocycles. The minimum Gasteiger partial charge on any atom is -0.456 e. The minimum absolute atomic E-state index is 0.0202. The van der Waals surface area contributed by atoms with E-state index in [2.05, 4.69) is 207 Å². The van der Waals surface area contributed by atoms with Crippen LogP contribution in [0.1, 0.15) is 51.3 Å². The maximum absolute atomic E-state index is 6.67. The molecular formula is C57H43BN4O. The Morgan fingerprint density at radius 2 is 1.37 bits per heavy atom. The van der Waals surface area contributed by atoms with Gasteiger partial charge in [0.15, 0.2) is 0 Å². The summed E-state index contributed by atoms with van der Waals surface area (Å²) in [6.07, 6.45) is 0. The molecule has 14 rings (SSSR count). The Hall–Kier alpha value is -7.31. The molecule has 1 aliphatic carbocycles. The molecule has 0 saturated carbocycles. The molecule has 5 heterocycles. The molecule has 6 heteroatoms. The lowest BCUT2D eigenvalue weighted by molar-refractivity contribution is 0.590. The highest BCUT2D eigenvalue weighted by Gasteiger charge is 2.45. The van der Waals surface area contributed by atoms with Gasteiger partial charge in [-0.2, -0.15) is 0 Å². The first kappa shape index (κ1) is 35.3. The molecule has 300 valence electrons. The number of furan rings is 1. The summed E-state index contributed by atoms with van der Waals surface area (Å²) in [6, 6.07) is 56.7. The SMILES string of the molecule is Cn1c(-c2ccccc2)nc2cc3c(cc21)-n1c2cc4c(cc2c2ccc5c(c21)B3N(c1ccc(C(C)(C)C)cc1)c1cc2oc3ccccc3c2cc1-5)C(C)(C)c1ccccc1-4. The fourth-order valence-corrected chi connectivity index (χ4v) is 11.7. The third-order valence-electron chi connectivity index (χ3n) is 14.9. The van der Waals surface area contributed by atoms with Crippen LogP contribution in [0, 0.1) is 0 Å². The lowest BCUT2D eigenvalue weighted by Gasteiger charge is -2.42. The van der Waals surface area contributed by atoms with E-state index in [-0.39, 0.29) is 17.7 Å². The van der Waals surface area contributed by atoms with Crippen molar-refractivity contribution in [2.75, 3.05) is 4.81 Å². The van der Waals surface area contributed by atoms with Crippen LogP contribution in [0.25, 0.3) is 94.1 Å². The summed E-state index contributed by atoms with van der Waals surface area (Å²) in [5.74, 6) is 0.959. The number of anilines is 2. The standard InChI is InChI=1S/C57H43BN4O/c1-56(2,3)33-20-22-34(23-21-33)62-48-31-52-42(36-17-11-13-19-51(36)63-52)26-40(48)37-24-25-38-41-27-44-39(35-16-10-12-18-43(35)57(44,4)5)28-47(41)61-49-30-50-46(29-45(49)58(62)53(37)54(38)61)59-55(60(50)6)32-14-8-7-9-15-32/h7-31H,1-6H3. The second kappa shape index (κ2) is 11.8. The lowest BCUT2D eigenvalue weighted by atomic mass is 9.44. The predicted octanol–water partition coefficient (Wildman–Crippen LogP) is 13.1. The normalized spacial score (nSPS) is 14.6. The highest BCUT2D eigenvalue weighted by atomic mass is 16.3. The largest absolute Gasteiger partial charge is 0.456 e. The number of fused-ring (bicyclic) bond motifs is 15. The van der Waals surface area contributed by atoms with Crippen molar-refractivity contribution in [1.82, 2.24) is 14.1 Å². The van der Waals surface area contributed by atoms with Gasteiger partial charge in [0.25, 0.3) is 0 Å². The Morgan fingerprint density at radius 1 is 0.587 bits per heavy atom. The number of imidazole rings is 1. The van der Waals surface area contributed by atoms with Gasteiger partial charge < -0.3 is 18.4 Å². The number of rotatable bonds is 2. The second-order valence-electron chi connectivity index (χ2n) is 19.6. The average molecular weight is 811 g/mol. The second-order valence-corrected chi connectivity index (χ2v) is 19.6. The Bertz CT molecular complexity index is 3820. The Morgan fingerprint density at radius 3 is 2.19 bits per heavy atom. The van der Waals surface area contributed by atoms with E-state index in [0.29, 0.717) is 0 Å². The van der Waals surface area contributed by atoms with Gasteiger partial charge in [-0.15, -0.1) is 0 Å². The first-order chi connectivity index (χ1) is 30.5. The van der Waals surface area contributed by atoms with E-state index in [4.69, 9.17) is 9.40 Å². The molecule has 0 saturated heterocycles. The quantitative estimate of drug-likeness (QED) is 0.163. The van der Waals surface area contributed by atoms with Gasteiger partial charge in [-0.3, -0.25) is 0 Å². The number of hydrogen-bond acceptors (Lipinski definition) is 3. The Balaban J connectivity index is 1.15. The molecular weight excluding hydrogens is 767 g/mol. The Labute approximate surface area is 365 Å². The van der Waals surface area contributed by atoms with E-state index >= 15 is 0 Å². The van der Waals surface area contributed by atoms with Crippen LogP contribution in [0.5, 0.6) is 0 Å². The van der Waals surface area contributed by atoms with E-state index in [1.54, 1.807) is 0 Å². The molecule has 0 N–H and O–H groups in total. The van der Waals surface area contributed by atoms with Gasteiger partial charge in [0, 0.05) is 68.3 Å². The van der Waals surface area contributed by atoms with E-state index in [1.807, 2.05) is 0 Å². The minimum atomic E-state index is -0.152. The molecule has 3 aliphatic rings.